The summed E-state index contributed by atoms with van der Waals surface area (Å²) >= 11 is 2.04. The van der Waals surface area contributed by atoms with E-state index in [1.54, 1.807) is 0 Å². The van der Waals surface area contributed by atoms with E-state index >= 15 is 0 Å². The third-order valence-electron chi connectivity index (χ3n) is 5.17. The molecule has 4 nitrogen and oxygen atoms in total. The molecule has 0 bridgehead atoms. The van der Waals surface area contributed by atoms with E-state index in [-0.39, 0.29) is 11.4 Å². The average molecular weight is 298 g/mol. The molecular formula is C15H26N2O2S. The van der Waals surface area contributed by atoms with Crippen LogP contribution < -0.4 is 5.32 Å². The van der Waals surface area contributed by atoms with Crippen LogP contribution in [0.5, 0.6) is 0 Å². The Kier molecular flexibility index (Phi) is 4.89. The summed E-state index contributed by atoms with van der Waals surface area (Å²) < 4.78 is 5.56. The first-order valence-electron chi connectivity index (χ1n) is 7.98. The first-order valence-corrected chi connectivity index (χ1v) is 9.14. The van der Waals surface area contributed by atoms with E-state index in [1.165, 1.54) is 17.9 Å². The topological polar surface area (TPSA) is 41.6 Å². The van der Waals surface area contributed by atoms with Crippen molar-refractivity contribution in [3.63, 3.8) is 0 Å². The molecule has 1 amide bonds. The molecule has 114 valence electrons. The molecule has 1 aliphatic carbocycles. The van der Waals surface area contributed by atoms with Crippen LogP contribution in [-0.4, -0.2) is 60.7 Å². The van der Waals surface area contributed by atoms with E-state index in [0.717, 1.165) is 58.5 Å². The zero-order chi connectivity index (χ0) is 13.8. The second-order valence-electron chi connectivity index (χ2n) is 6.28. The Morgan fingerprint density at radius 3 is 2.55 bits per heavy atom. The third kappa shape index (κ3) is 3.15. The molecule has 2 aliphatic heterocycles. The highest BCUT2D eigenvalue weighted by molar-refractivity contribution is 7.99. The summed E-state index contributed by atoms with van der Waals surface area (Å²) in [7, 11) is 0. The molecule has 3 fully saturated rings. The normalized spacial score (nSPS) is 27.8. The Hall–Kier alpha value is -0.260. The average Bonchev–Trinajstić information content (AvgIpc) is 2.45. The lowest BCUT2D eigenvalue weighted by atomic mass is 9.83. The van der Waals surface area contributed by atoms with Crippen LogP contribution in [0.4, 0.5) is 0 Å². The first-order chi connectivity index (χ1) is 9.80. The quantitative estimate of drug-likeness (QED) is 0.854. The van der Waals surface area contributed by atoms with Crippen molar-refractivity contribution in [1.82, 2.24) is 10.2 Å². The smallest absolute Gasteiger partial charge is 0.223 e. The number of carbonyl (C=O) groups excluding carboxylic acids is 1. The monoisotopic (exact) mass is 298 g/mol. The molecule has 5 heteroatoms. The third-order valence-corrected chi connectivity index (χ3v) is 6.12. The predicted molar refractivity (Wildman–Crippen MR) is 82.0 cm³/mol. The second kappa shape index (κ2) is 6.67. The van der Waals surface area contributed by atoms with Crippen molar-refractivity contribution in [1.29, 1.82) is 0 Å². The van der Waals surface area contributed by atoms with Gasteiger partial charge in [-0.25, -0.2) is 0 Å². The minimum absolute atomic E-state index is 0.151. The maximum absolute atomic E-state index is 12.1. The van der Waals surface area contributed by atoms with E-state index in [1.807, 2.05) is 11.8 Å². The van der Waals surface area contributed by atoms with Gasteiger partial charge in [0.2, 0.25) is 5.91 Å². The van der Waals surface area contributed by atoms with E-state index in [0.29, 0.717) is 5.92 Å². The van der Waals surface area contributed by atoms with E-state index in [9.17, 15) is 4.79 Å². The highest BCUT2D eigenvalue weighted by Gasteiger charge is 2.39. The van der Waals surface area contributed by atoms with Crippen LogP contribution in [-0.2, 0) is 9.53 Å². The zero-order valence-electron chi connectivity index (χ0n) is 12.2. The summed E-state index contributed by atoms with van der Waals surface area (Å²) in [6.07, 6.45) is 5.51. The van der Waals surface area contributed by atoms with Gasteiger partial charge in [-0.2, -0.15) is 11.8 Å². The van der Waals surface area contributed by atoms with E-state index < -0.39 is 0 Å². The zero-order valence-corrected chi connectivity index (χ0v) is 13.1. The van der Waals surface area contributed by atoms with Gasteiger partial charge in [-0.1, -0.05) is 6.42 Å². The molecule has 0 unspecified atom stereocenters. The fourth-order valence-corrected chi connectivity index (χ4v) is 4.36. The SMILES string of the molecule is O=C(NCC1(N2CCSCC2)CCOCC1)C1CCC1. The lowest BCUT2D eigenvalue weighted by molar-refractivity contribution is -0.128. The van der Waals surface area contributed by atoms with Gasteiger partial charge in [-0.3, -0.25) is 9.69 Å². The molecule has 3 rings (SSSR count). The van der Waals surface area contributed by atoms with Crippen molar-refractivity contribution in [2.75, 3.05) is 44.4 Å². The molecule has 0 atom stereocenters. The number of nitrogens with zero attached hydrogens (tertiary/aromatic N) is 1. The lowest BCUT2D eigenvalue weighted by Crippen LogP contribution is -2.60. The number of rotatable bonds is 4. The van der Waals surface area contributed by atoms with Crippen molar-refractivity contribution in [2.24, 2.45) is 5.92 Å². The number of hydrogen-bond donors (Lipinski definition) is 1. The van der Waals surface area contributed by atoms with Crippen LogP contribution in [0.1, 0.15) is 32.1 Å². The maximum Gasteiger partial charge on any atom is 0.223 e. The van der Waals surface area contributed by atoms with Gasteiger partial charge in [0.1, 0.15) is 0 Å². The molecule has 0 aromatic heterocycles. The molecule has 1 saturated carbocycles. The summed E-state index contributed by atoms with van der Waals surface area (Å²) in [5, 5.41) is 3.25. The summed E-state index contributed by atoms with van der Waals surface area (Å²) in [6, 6.07) is 0. The Labute approximate surface area is 126 Å². The lowest BCUT2D eigenvalue weighted by Gasteiger charge is -2.48. The van der Waals surface area contributed by atoms with Crippen molar-refractivity contribution < 1.29 is 9.53 Å². The fourth-order valence-electron chi connectivity index (χ4n) is 3.46. The van der Waals surface area contributed by atoms with E-state index in [2.05, 4.69) is 10.2 Å². The Bertz CT molecular complexity index is 335. The summed E-state index contributed by atoms with van der Waals surface area (Å²) in [4.78, 5) is 14.7. The van der Waals surface area contributed by atoms with Crippen LogP contribution in [0.3, 0.4) is 0 Å². The fraction of sp³-hybridized carbons (Fsp3) is 0.933. The van der Waals surface area contributed by atoms with E-state index in [4.69, 9.17) is 4.74 Å². The highest BCUT2D eigenvalue weighted by Crippen LogP contribution is 2.31. The first kappa shape index (κ1) is 14.7. The molecular weight excluding hydrogens is 272 g/mol. The Morgan fingerprint density at radius 1 is 1.25 bits per heavy atom. The van der Waals surface area contributed by atoms with Gasteiger partial charge in [0.25, 0.3) is 0 Å². The minimum atomic E-state index is 0.151. The highest BCUT2D eigenvalue weighted by atomic mass is 32.2. The molecule has 0 radical (unpaired) electrons. The van der Waals surface area contributed by atoms with Crippen LogP contribution >= 0.6 is 11.8 Å². The van der Waals surface area contributed by atoms with Crippen LogP contribution in [0.15, 0.2) is 0 Å². The molecule has 0 aromatic rings. The van der Waals surface area contributed by atoms with Crippen molar-refractivity contribution >= 4 is 17.7 Å². The molecule has 2 saturated heterocycles. The van der Waals surface area contributed by atoms with Gasteiger partial charge < -0.3 is 10.1 Å². The second-order valence-corrected chi connectivity index (χ2v) is 7.51. The van der Waals surface area contributed by atoms with Crippen molar-refractivity contribution in [3.05, 3.63) is 0 Å². The number of nitrogens with one attached hydrogen (secondary N) is 1. The van der Waals surface area contributed by atoms with Gasteiger partial charge >= 0.3 is 0 Å². The minimum Gasteiger partial charge on any atom is -0.381 e. The standard InChI is InChI=1S/C15H26N2O2S/c18-14(13-2-1-3-13)16-12-15(4-8-19-9-5-15)17-6-10-20-11-7-17/h13H,1-12H2,(H,16,18). The number of thioether (sulfide) groups is 1. The van der Waals surface area contributed by atoms with Crippen LogP contribution in [0.25, 0.3) is 0 Å². The Morgan fingerprint density at radius 2 is 1.95 bits per heavy atom. The summed E-state index contributed by atoms with van der Waals surface area (Å²) in [6.45, 7) is 4.80. The number of hydrogen-bond acceptors (Lipinski definition) is 4. The Balaban J connectivity index is 1.60. The van der Waals surface area contributed by atoms with Gasteiger partial charge in [0, 0.05) is 55.8 Å². The number of amides is 1. The van der Waals surface area contributed by atoms with Gasteiger partial charge in [0.05, 0.1) is 0 Å². The van der Waals surface area contributed by atoms with Crippen LogP contribution in [0, 0.1) is 5.92 Å². The molecule has 0 spiro atoms. The molecule has 20 heavy (non-hydrogen) atoms. The molecule has 2 heterocycles. The summed E-state index contributed by atoms with van der Waals surface area (Å²) in [5.74, 6) is 3.02. The van der Waals surface area contributed by atoms with Gasteiger partial charge in [-0.05, 0) is 25.7 Å². The predicted octanol–water partition coefficient (Wildman–Crippen LogP) is 1.50. The van der Waals surface area contributed by atoms with Crippen molar-refractivity contribution in [3.8, 4) is 0 Å². The van der Waals surface area contributed by atoms with Crippen molar-refractivity contribution in [2.45, 2.75) is 37.6 Å². The van der Waals surface area contributed by atoms with Crippen LogP contribution in [0.2, 0.25) is 0 Å². The van der Waals surface area contributed by atoms with Gasteiger partial charge in [0.15, 0.2) is 0 Å². The molecule has 3 aliphatic rings. The largest absolute Gasteiger partial charge is 0.381 e. The van der Waals surface area contributed by atoms with Gasteiger partial charge in [-0.15, -0.1) is 0 Å². The number of carbonyl (C=O) groups is 1. The summed E-state index contributed by atoms with van der Waals surface area (Å²) in [5.41, 5.74) is 0.151. The number of ether oxygens (including phenoxy) is 1. The maximum atomic E-state index is 12.1. The molecule has 0 aromatic carbocycles. The molecule has 1 N–H and O–H groups in total.